The maximum Gasteiger partial charge on any atom is 0.270 e. The van der Waals surface area contributed by atoms with E-state index in [9.17, 15) is 9.90 Å². The quantitative estimate of drug-likeness (QED) is 0.496. The second-order valence-corrected chi connectivity index (χ2v) is 8.41. The Hall–Kier alpha value is -3.55. The topological polar surface area (TPSA) is 89.3 Å². The number of aliphatic hydroxyl groups excluding tert-OH is 1. The number of fused-ring (bicyclic) bond motifs is 1. The summed E-state index contributed by atoms with van der Waals surface area (Å²) in [6.07, 6.45) is 2.34. The molecule has 2 N–H and O–H groups in total. The van der Waals surface area contributed by atoms with E-state index in [4.69, 9.17) is 4.74 Å². The molecule has 1 fully saturated rings. The summed E-state index contributed by atoms with van der Waals surface area (Å²) in [7, 11) is 1.93. The van der Waals surface area contributed by atoms with Crippen molar-refractivity contribution in [1.82, 2.24) is 20.1 Å². The van der Waals surface area contributed by atoms with Gasteiger partial charge >= 0.3 is 0 Å². The van der Waals surface area contributed by atoms with Crippen molar-refractivity contribution in [2.24, 2.45) is 7.05 Å². The number of rotatable bonds is 5. The number of pyridine rings is 1. The molecule has 1 saturated heterocycles. The van der Waals surface area contributed by atoms with Crippen molar-refractivity contribution >= 4 is 16.8 Å². The van der Waals surface area contributed by atoms with Crippen LogP contribution >= 0.6 is 0 Å². The second-order valence-electron chi connectivity index (χ2n) is 8.41. The summed E-state index contributed by atoms with van der Waals surface area (Å²) in [6.45, 7) is 0.753. The molecular weight excluding hydrogens is 416 g/mol. The standard InChI is InChI=1S/C26H26N4O3/c1-30-24(10-12-27-30)18-8-6-17(7-9-18)14-19-15-23(28-21-5-3-2-4-20(19)21)26(32)29-22-11-13-33-16-25(22)31/h2-10,12,15,22,25,31H,11,13-14,16H2,1H3,(H,29,32)/t22-,25-/m0/s1. The largest absolute Gasteiger partial charge is 0.389 e. The Morgan fingerprint density at radius 1 is 1.18 bits per heavy atom. The monoisotopic (exact) mass is 442 g/mol. The van der Waals surface area contributed by atoms with Crippen LogP contribution in [0.1, 0.15) is 28.0 Å². The van der Waals surface area contributed by atoms with Gasteiger partial charge in [0.1, 0.15) is 5.69 Å². The van der Waals surface area contributed by atoms with Gasteiger partial charge in [0.2, 0.25) is 0 Å². The number of nitrogens with one attached hydrogen (secondary N) is 1. The van der Waals surface area contributed by atoms with Gasteiger partial charge in [-0.2, -0.15) is 5.10 Å². The lowest BCUT2D eigenvalue weighted by molar-refractivity contribution is -0.0261. The molecule has 7 nitrogen and oxygen atoms in total. The number of aliphatic hydroxyl groups is 1. The molecule has 2 aromatic heterocycles. The second kappa shape index (κ2) is 9.13. The van der Waals surface area contributed by atoms with Gasteiger partial charge in [-0.3, -0.25) is 9.48 Å². The van der Waals surface area contributed by atoms with E-state index in [1.807, 2.05) is 48.1 Å². The van der Waals surface area contributed by atoms with Gasteiger partial charge in [0, 0.05) is 25.2 Å². The molecule has 7 heteroatoms. The average molecular weight is 443 g/mol. The number of amides is 1. The average Bonchev–Trinajstić information content (AvgIpc) is 3.26. The smallest absolute Gasteiger partial charge is 0.270 e. The Morgan fingerprint density at radius 3 is 2.76 bits per heavy atom. The molecule has 0 spiro atoms. The highest BCUT2D eigenvalue weighted by Crippen LogP contribution is 2.24. The fourth-order valence-corrected chi connectivity index (χ4v) is 4.31. The molecule has 33 heavy (non-hydrogen) atoms. The third-order valence-corrected chi connectivity index (χ3v) is 6.14. The lowest BCUT2D eigenvalue weighted by Gasteiger charge is -2.28. The number of benzene rings is 2. The van der Waals surface area contributed by atoms with E-state index in [0.717, 1.165) is 33.3 Å². The van der Waals surface area contributed by atoms with Gasteiger partial charge in [0.05, 0.1) is 30.0 Å². The highest BCUT2D eigenvalue weighted by molar-refractivity contribution is 5.96. The number of aryl methyl sites for hydroxylation is 1. The zero-order valence-corrected chi connectivity index (χ0v) is 18.4. The van der Waals surface area contributed by atoms with Crippen LogP contribution in [-0.2, 0) is 18.2 Å². The van der Waals surface area contributed by atoms with Crippen LogP contribution in [0, 0.1) is 0 Å². The fraction of sp³-hybridized carbons (Fsp3) is 0.269. The van der Waals surface area contributed by atoms with E-state index in [0.29, 0.717) is 25.1 Å². The molecule has 0 aliphatic carbocycles. The van der Waals surface area contributed by atoms with Crippen LogP contribution in [0.25, 0.3) is 22.2 Å². The number of aromatic nitrogens is 3. The molecule has 1 aliphatic heterocycles. The van der Waals surface area contributed by atoms with Crippen LogP contribution in [0.4, 0.5) is 0 Å². The van der Waals surface area contributed by atoms with Crippen molar-refractivity contribution < 1.29 is 14.6 Å². The first-order chi connectivity index (χ1) is 16.1. The van der Waals surface area contributed by atoms with Crippen LogP contribution in [0.15, 0.2) is 66.9 Å². The molecule has 0 unspecified atom stereocenters. The van der Waals surface area contributed by atoms with E-state index in [1.54, 1.807) is 6.20 Å². The maximum atomic E-state index is 13.0. The lowest BCUT2D eigenvalue weighted by atomic mass is 9.98. The zero-order valence-electron chi connectivity index (χ0n) is 18.4. The number of nitrogens with zero attached hydrogens (tertiary/aromatic N) is 3. The summed E-state index contributed by atoms with van der Waals surface area (Å²) in [5, 5.41) is 18.3. The molecule has 1 aliphatic rings. The minimum atomic E-state index is -0.708. The van der Waals surface area contributed by atoms with Crippen LogP contribution in [0.3, 0.4) is 0 Å². The van der Waals surface area contributed by atoms with Crippen molar-refractivity contribution in [2.45, 2.75) is 25.0 Å². The first-order valence-electron chi connectivity index (χ1n) is 11.1. The molecule has 5 rings (SSSR count). The number of para-hydroxylation sites is 1. The van der Waals surface area contributed by atoms with Crippen LogP contribution in [-0.4, -0.2) is 51.1 Å². The minimum absolute atomic E-state index is 0.232. The van der Waals surface area contributed by atoms with Gasteiger partial charge in [-0.15, -0.1) is 0 Å². The Morgan fingerprint density at radius 2 is 2.00 bits per heavy atom. The predicted molar refractivity (Wildman–Crippen MR) is 126 cm³/mol. The van der Waals surface area contributed by atoms with Gasteiger partial charge in [-0.1, -0.05) is 42.5 Å². The normalized spacial score (nSPS) is 18.4. The van der Waals surface area contributed by atoms with E-state index in [2.05, 4.69) is 39.7 Å². The van der Waals surface area contributed by atoms with Crippen LogP contribution in [0.5, 0.6) is 0 Å². The van der Waals surface area contributed by atoms with Crippen molar-refractivity contribution in [1.29, 1.82) is 0 Å². The highest BCUT2D eigenvalue weighted by atomic mass is 16.5. The summed E-state index contributed by atoms with van der Waals surface area (Å²) in [5.74, 6) is -0.278. The maximum absolute atomic E-state index is 13.0. The molecule has 1 amide bonds. The SMILES string of the molecule is Cn1nccc1-c1ccc(Cc2cc(C(=O)N[C@H]3CCOC[C@@H]3O)nc3ccccc23)cc1. The number of ether oxygens (including phenoxy) is 1. The molecule has 3 heterocycles. The van der Waals surface area contributed by atoms with Crippen LogP contribution in [0.2, 0.25) is 0 Å². The third-order valence-electron chi connectivity index (χ3n) is 6.14. The van der Waals surface area contributed by atoms with E-state index < -0.39 is 6.10 Å². The Bertz CT molecular complexity index is 1280. The van der Waals surface area contributed by atoms with Gasteiger partial charge in [0.25, 0.3) is 5.91 Å². The van der Waals surface area contributed by atoms with Gasteiger partial charge in [-0.25, -0.2) is 4.98 Å². The summed E-state index contributed by atoms with van der Waals surface area (Å²) >= 11 is 0. The summed E-state index contributed by atoms with van der Waals surface area (Å²) in [5.41, 5.74) is 5.47. The molecule has 4 aromatic rings. The lowest BCUT2D eigenvalue weighted by Crippen LogP contribution is -2.48. The number of hydrogen-bond acceptors (Lipinski definition) is 5. The summed E-state index contributed by atoms with van der Waals surface area (Å²) < 4.78 is 7.11. The zero-order chi connectivity index (χ0) is 22.8. The van der Waals surface area contributed by atoms with Crippen molar-refractivity contribution in [3.8, 4) is 11.3 Å². The van der Waals surface area contributed by atoms with Gasteiger partial charge in [0.15, 0.2) is 0 Å². The number of hydrogen-bond donors (Lipinski definition) is 2. The van der Waals surface area contributed by atoms with Crippen LogP contribution < -0.4 is 5.32 Å². The predicted octanol–water partition coefficient (Wildman–Crippen LogP) is 3.11. The first kappa shape index (κ1) is 21.3. The third kappa shape index (κ3) is 4.51. The van der Waals surface area contributed by atoms with Crippen molar-refractivity contribution in [3.63, 3.8) is 0 Å². The molecule has 2 atom stereocenters. The van der Waals surface area contributed by atoms with E-state index in [1.165, 1.54) is 0 Å². The summed E-state index contributed by atoms with van der Waals surface area (Å²) in [4.78, 5) is 17.6. The van der Waals surface area contributed by atoms with Crippen molar-refractivity contribution in [3.05, 3.63) is 83.7 Å². The first-order valence-corrected chi connectivity index (χ1v) is 11.1. The molecular formula is C26H26N4O3. The number of carbonyl (C=O) groups excluding carboxylic acids is 1. The van der Waals surface area contributed by atoms with E-state index in [-0.39, 0.29) is 18.6 Å². The van der Waals surface area contributed by atoms with Crippen molar-refractivity contribution in [2.75, 3.05) is 13.2 Å². The van der Waals surface area contributed by atoms with Gasteiger partial charge < -0.3 is 15.2 Å². The van der Waals surface area contributed by atoms with E-state index >= 15 is 0 Å². The fourth-order valence-electron chi connectivity index (χ4n) is 4.31. The molecule has 0 radical (unpaired) electrons. The van der Waals surface area contributed by atoms with Gasteiger partial charge in [-0.05, 0) is 47.7 Å². The Labute approximate surface area is 192 Å². The molecule has 2 aromatic carbocycles. The molecule has 0 bridgehead atoms. The Balaban J connectivity index is 1.42. The molecule has 0 saturated carbocycles. The minimum Gasteiger partial charge on any atom is -0.389 e. The highest BCUT2D eigenvalue weighted by Gasteiger charge is 2.26. The summed E-state index contributed by atoms with van der Waals surface area (Å²) in [6, 6.07) is 19.8. The number of carbonyl (C=O) groups is 1. The Kier molecular flexibility index (Phi) is 5.90. The molecule has 168 valence electrons.